The van der Waals surface area contributed by atoms with E-state index in [-0.39, 0.29) is 11.4 Å². The first-order valence-electron chi connectivity index (χ1n) is 8.88. The standard InChI is InChI=1S/C24H22O2/c1-15-9-7-12-18(23(25)26-4)21(15)17-11-8-14-20-22(17)16-10-5-6-13-19(16)24(20,2)3/h5-14H,1-4H3. The third-order valence-corrected chi connectivity index (χ3v) is 5.55. The molecule has 0 radical (unpaired) electrons. The molecule has 0 N–H and O–H groups in total. The fourth-order valence-corrected chi connectivity index (χ4v) is 4.27. The average Bonchev–Trinajstić information content (AvgIpc) is 2.89. The lowest BCUT2D eigenvalue weighted by Crippen LogP contribution is -2.14. The van der Waals surface area contributed by atoms with Gasteiger partial charge in [0.1, 0.15) is 0 Å². The summed E-state index contributed by atoms with van der Waals surface area (Å²) in [5, 5.41) is 0. The highest BCUT2D eigenvalue weighted by molar-refractivity contribution is 6.02. The Balaban J connectivity index is 2.09. The van der Waals surface area contributed by atoms with Crippen LogP contribution in [0.3, 0.4) is 0 Å². The van der Waals surface area contributed by atoms with Crippen LogP contribution in [-0.4, -0.2) is 13.1 Å². The van der Waals surface area contributed by atoms with Crippen molar-refractivity contribution in [3.63, 3.8) is 0 Å². The number of aryl methyl sites for hydroxylation is 1. The first-order valence-corrected chi connectivity index (χ1v) is 8.88. The van der Waals surface area contributed by atoms with Gasteiger partial charge in [0.05, 0.1) is 12.7 Å². The molecule has 4 rings (SSSR count). The third kappa shape index (κ3) is 2.22. The molecule has 0 fully saturated rings. The van der Waals surface area contributed by atoms with Crippen LogP contribution in [-0.2, 0) is 10.2 Å². The highest BCUT2D eigenvalue weighted by Gasteiger charge is 2.37. The molecule has 3 aromatic rings. The molecule has 0 unspecified atom stereocenters. The molecular weight excluding hydrogens is 320 g/mol. The van der Waals surface area contributed by atoms with Crippen molar-refractivity contribution in [2.45, 2.75) is 26.2 Å². The molecule has 26 heavy (non-hydrogen) atoms. The van der Waals surface area contributed by atoms with Crippen LogP contribution in [0.1, 0.15) is 40.9 Å². The van der Waals surface area contributed by atoms with Gasteiger partial charge >= 0.3 is 5.97 Å². The Hall–Kier alpha value is -2.87. The summed E-state index contributed by atoms with van der Waals surface area (Å²) in [6.07, 6.45) is 0. The predicted octanol–water partition coefficient (Wildman–Crippen LogP) is 5.75. The van der Waals surface area contributed by atoms with Crippen molar-refractivity contribution in [1.29, 1.82) is 0 Å². The number of carbonyl (C=O) groups excluding carboxylic acids is 1. The Labute approximate surface area is 154 Å². The van der Waals surface area contributed by atoms with Gasteiger partial charge in [-0.2, -0.15) is 0 Å². The molecule has 0 heterocycles. The largest absolute Gasteiger partial charge is 0.465 e. The van der Waals surface area contributed by atoms with Gasteiger partial charge in [-0.25, -0.2) is 4.79 Å². The maximum absolute atomic E-state index is 12.4. The van der Waals surface area contributed by atoms with Crippen molar-refractivity contribution >= 4 is 5.97 Å². The van der Waals surface area contributed by atoms with Crippen LogP contribution in [0.4, 0.5) is 0 Å². The molecular formula is C24H22O2. The van der Waals surface area contributed by atoms with Gasteiger partial charge in [-0.3, -0.25) is 0 Å². The van der Waals surface area contributed by atoms with Crippen LogP contribution >= 0.6 is 0 Å². The van der Waals surface area contributed by atoms with E-state index < -0.39 is 0 Å². The van der Waals surface area contributed by atoms with Gasteiger partial charge in [0.25, 0.3) is 0 Å². The quantitative estimate of drug-likeness (QED) is 0.554. The molecule has 0 amide bonds. The summed E-state index contributed by atoms with van der Waals surface area (Å²) in [5.41, 5.74) is 8.80. The van der Waals surface area contributed by atoms with Crippen molar-refractivity contribution < 1.29 is 9.53 Å². The molecule has 0 aliphatic heterocycles. The highest BCUT2D eigenvalue weighted by atomic mass is 16.5. The number of benzene rings is 3. The number of ether oxygens (including phenoxy) is 1. The van der Waals surface area contributed by atoms with Gasteiger partial charge < -0.3 is 4.74 Å². The maximum atomic E-state index is 12.4. The number of hydrogen-bond donors (Lipinski definition) is 0. The van der Waals surface area contributed by atoms with Crippen molar-refractivity contribution in [2.24, 2.45) is 0 Å². The van der Waals surface area contributed by atoms with Crippen molar-refractivity contribution in [1.82, 2.24) is 0 Å². The monoisotopic (exact) mass is 342 g/mol. The second-order valence-electron chi connectivity index (χ2n) is 7.39. The Morgan fingerprint density at radius 1 is 0.808 bits per heavy atom. The molecule has 2 nitrogen and oxygen atoms in total. The van der Waals surface area contributed by atoms with Crippen LogP contribution in [0.5, 0.6) is 0 Å². The minimum absolute atomic E-state index is 0.0595. The van der Waals surface area contributed by atoms with Gasteiger partial charge in [-0.15, -0.1) is 0 Å². The van der Waals surface area contributed by atoms with E-state index in [9.17, 15) is 4.79 Å². The molecule has 2 heteroatoms. The zero-order valence-corrected chi connectivity index (χ0v) is 15.6. The van der Waals surface area contributed by atoms with E-state index >= 15 is 0 Å². The van der Waals surface area contributed by atoms with Crippen LogP contribution in [0.2, 0.25) is 0 Å². The molecule has 0 saturated heterocycles. The van der Waals surface area contributed by atoms with Gasteiger partial charge in [-0.05, 0) is 51.9 Å². The van der Waals surface area contributed by atoms with Crippen LogP contribution in [0.25, 0.3) is 22.3 Å². The molecule has 0 bridgehead atoms. The van der Waals surface area contributed by atoms with E-state index in [0.29, 0.717) is 5.56 Å². The summed E-state index contributed by atoms with van der Waals surface area (Å²) in [6.45, 7) is 6.58. The second kappa shape index (κ2) is 5.84. The lowest BCUT2D eigenvalue weighted by atomic mass is 9.81. The average molecular weight is 342 g/mol. The van der Waals surface area contributed by atoms with Crippen molar-refractivity contribution in [2.75, 3.05) is 7.11 Å². The summed E-state index contributed by atoms with van der Waals surface area (Å²) in [5.74, 6) is -0.299. The number of rotatable bonds is 2. The lowest BCUT2D eigenvalue weighted by molar-refractivity contribution is 0.0601. The second-order valence-corrected chi connectivity index (χ2v) is 7.39. The summed E-state index contributed by atoms with van der Waals surface area (Å²) < 4.78 is 5.04. The molecule has 3 aromatic carbocycles. The number of fused-ring (bicyclic) bond motifs is 3. The summed E-state index contributed by atoms with van der Waals surface area (Å²) in [7, 11) is 1.43. The van der Waals surface area contributed by atoms with Gasteiger partial charge in [0.2, 0.25) is 0 Å². The molecule has 0 atom stereocenters. The molecule has 0 spiro atoms. The van der Waals surface area contributed by atoms with Gasteiger partial charge in [-0.1, -0.05) is 68.4 Å². The fraction of sp³-hybridized carbons (Fsp3) is 0.208. The molecule has 0 saturated carbocycles. The number of methoxy groups -OCH3 is 1. The van der Waals surface area contributed by atoms with Gasteiger partial charge in [0.15, 0.2) is 0 Å². The molecule has 1 aliphatic rings. The molecule has 0 aromatic heterocycles. The Kier molecular flexibility index (Phi) is 3.73. The van der Waals surface area contributed by atoms with E-state index in [2.05, 4.69) is 56.3 Å². The van der Waals surface area contributed by atoms with Crippen LogP contribution < -0.4 is 0 Å². The van der Waals surface area contributed by atoms with Crippen LogP contribution in [0, 0.1) is 6.92 Å². The van der Waals surface area contributed by atoms with Gasteiger partial charge in [0, 0.05) is 5.41 Å². The van der Waals surface area contributed by atoms with E-state index in [1.54, 1.807) is 0 Å². The van der Waals surface area contributed by atoms with Crippen molar-refractivity contribution in [3.8, 4) is 22.3 Å². The highest BCUT2D eigenvalue weighted by Crippen LogP contribution is 2.52. The Bertz CT molecular complexity index is 1030. The predicted molar refractivity (Wildman–Crippen MR) is 106 cm³/mol. The van der Waals surface area contributed by atoms with E-state index in [4.69, 9.17) is 4.74 Å². The zero-order chi connectivity index (χ0) is 18.5. The first-order chi connectivity index (χ1) is 12.5. The van der Waals surface area contributed by atoms with Crippen LogP contribution in [0.15, 0.2) is 60.7 Å². The van der Waals surface area contributed by atoms with E-state index in [1.165, 1.54) is 29.4 Å². The Morgan fingerprint density at radius 3 is 2.23 bits per heavy atom. The van der Waals surface area contributed by atoms with E-state index in [0.717, 1.165) is 16.7 Å². The summed E-state index contributed by atoms with van der Waals surface area (Å²) in [4.78, 5) is 12.4. The van der Waals surface area contributed by atoms with Crippen molar-refractivity contribution in [3.05, 3.63) is 82.9 Å². The minimum atomic E-state index is -0.299. The number of carbonyl (C=O) groups is 1. The SMILES string of the molecule is COC(=O)c1cccc(C)c1-c1cccc2c1-c1ccccc1C2(C)C. The fourth-order valence-electron chi connectivity index (χ4n) is 4.27. The Morgan fingerprint density at radius 2 is 1.46 bits per heavy atom. The molecule has 1 aliphatic carbocycles. The topological polar surface area (TPSA) is 26.3 Å². The normalized spacial score (nSPS) is 13.8. The minimum Gasteiger partial charge on any atom is -0.465 e. The summed E-state index contributed by atoms with van der Waals surface area (Å²) >= 11 is 0. The van der Waals surface area contributed by atoms with E-state index in [1.807, 2.05) is 25.1 Å². The maximum Gasteiger partial charge on any atom is 0.338 e. The third-order valence-electron chi connectivity index (χ3n) is 5.55. The number of esters is 1. The molecule has 130 valence electrons. The smallest absolute Gasteiger partial charge is 0.338 e. The first kappa shape index (κ1) is 16.6. The number of hydrogen-bond acceptors (Lipinski definition) is 2. The lowest BCUT2D eigenvalue weighted by Gasteiger charge is -2.22. The summed E-state index contributed by atoms with van der Waals surface area (Å²) in [6, 6.07) is 20.8. The zero-order valence-electron chi connectivity index (χ0n) is 15.6.